The maximum Gasteiger partial charge on any atom is 0.340 e. The predicted molar refractivity (Wildman–Crippen MR) is 115 cm³/mol. The van der Waals surface area contributed by atoms with Crippen molar-refractivity contribution in [3.8, 4) is 0 Å². The molecule has 0 atom stereocenters. The van der Waals surface area contributed by atoms with Crippen molar-refractivity contribution in [2.24, 2.45) is 0 Å². The van der Waals surface area contributed by atoms with Crippen molar-refractivity contribution >= 4 is 57.5 Å². The SMILES string of the molecule is CCOC(=O)c1c(CSc2nnc3c(Cl)cc(Cl)cn23)nc2ccccc2c1C. The number of carbonyl (C=O) groups excluding carboxylic acids is 1. The zero-order valence-corrected chi connectivity index (χ0v) is 18.0. The number of thioether (sulfide) groups is 1. The van der Waals surface area contributed by atoms with Crippen LogP contribution in [0.2, 0.25) is 10.0 Å². The molecule has 0 aliphatic heterocycles. The molecule has 9 heteroatoms. The summed E-state index contributed by atoms with van der Waals surface area (Å²) in [6.45, 7) is 3.99. The van der Waals surface area contributed by atoms with Gasteiger partial charge in [-0.3, -0.25) is 9.38 Å². The third-order valence-corrected chi connectivity index (χ3v) is 5.88. The summed E-state index contributed by atoms with van der Waals surface area (Å²) in [6.07, 6.45) is 1.70. The van der Waals surface area contributed by atoms with E-state index < -0.39 is 0 Å². The first kappa shape index (κ1) is 19.9. The monoisotopic (exact) mass is 446 g/mol. The largest absolute Gasteiger partial charge is 0.462 e. The van der Waals surface area contributed by atoms with E-state index in [4.69, 9.17) is 32.9 Å². The molecule has 29 heavy (non-hydrogen) atoms. The Morgan fingerprint density at radius 2 is 2.03 bits per heavy atom. The predicted octanol–water partition coefficient (Wildman–Crippen LogP) is 5.36. The summed E-state index contributed by atoms with van der Waals surface area (Å²) in [7, 11) is 0. The van der Waals surface area contributed by atoms with E-state index in [2.05, 4.69) is 10.2 Å². The Labute approximate surface area is 181 Å². The Morgan fingerprint density at radius 1 is 1.24 bits per heavy atom. The van der Waals surface area contributed by atoms with E-state index in [1.54, 1.807) is 23.6 Å². The number of esters is 1. The minimum Gasteiger partial charge on any atom is -0.462 e. The van der Waals surface area contributed by atoms with Gasteiger partial charge in [0.15, 0.2) is 10.8 Å². The number of halogens is 2. The smallest absolute Gasteiger partial charge is 0.340 e. The Hall–Kier alpha value is -2.35. The number of para-hydroxylation sites is 1. The third-order valence-electron chi connectivity index (χ3n) is 4.44. The zero-order valence-electron chi connectivity index (χ0n) is 15.6. The summed E-state index contributed by atoms with van der Waals surface area (Å²) in [5.74, 6) is 0.0288. The van der Waals surface area contributed by atoms with Crippen LogP contribution < -0.4 is 0 Å². The first-order valence-corrected chi connectivity index (χ1v) is 10.6. The van der Waals surface area contributed by atoms with Gasteiger partial charge in [0.25, 0.3) is 0 Å². The number of hydrogen-bond donors (Lipinski definition) is 0. The molecular weight excluding hydrogens is 431 g/mol. The summed E-state index contributed by atoms with van der Waals surface area (Å²) < 4.78 is 7.01. The van der Waals surface area contributed by atoms with E-state index in [1.165, 1.54) is 11.8 Å². The van der Waals surface area contributed by atoms with Gasteiger partial charge in [-0.1, -0.05) is 53.2 Å². The van der Waals surface area contributed by atoms with E-state index >= 15 is 0 Å². The van der Waals surface area contributed by atoms with E-state index in [0.29, 0.717) is 44.5 Å². The molecule has 148 valence electrons. The molecule has 6 nitrogen and oxygen atoms in total. The average molecular weight is 447 g/mol. The molecule has 0 spiro atoms. The number of nitrogens with zero attached hydrogens (tertiary/aromatic N) is 4. The fraction of sp³-hybridized carbons (Fsp3) is 0.200. The summed E-state index contributed by atoms with van der Waals surface area (Å²) in [4.78, 5) is 17.4. The summed E-state index contributed by atoms with van der Waals surface area (Å²) in [5.41, 5.74) is 3.32. The highest BCUT2D eigenvalue weighted by Crippen LogP contribution is 2.30. The molecule has 3 heterocycles. The summed E-state index contributed by atoms with van der Waals surface area (Å²) in [6, 6.07) is 9.35. The third kappa shape index (κ3) is 3.77. The van der Waals surface area contributed by atoms with Gasteiger partial charge in [-0.25, -0.2) is 4.79 Å². The molecule has 0 aliphatic carbocycles. The lowest BCUT2D eigenvalue weighted by Crippen LogP contribution is -2.12. The normalized spacial score (nSPS) is 11.3. The van der Waals surface area contributed by atoms with Gasteiger partial charge in [0.2, 0.25) is 0 Å². The van der Waals surface area contributed by atoms with Crippen molar-refractivity contribution < 1.29 is 9.53 Å². The Balaban J connectivity index is 1.76. The van der Waals surface area contributed by atoms with Gasteiger partial charge in [0.1, 0.15) is 0 Å². The molecule has 0 radical (unpaired) electrons. The molecule has 3 aromatic heterocycles. The first-order chi connectivity index (χ1) is 14.0. The minimum atomic E-state index is -0.379. The quantitative estimate of drug-likeness (QED) is 0.303. The van der Waals surface area contributed by atoms with Gasteiger partial charge in [-0.05, 0) is 31.5 Å². The molecular formula is C20H16Cl2N4O2S. The first-order valence-electron chi connectivity index (χ1n) is 8.87. The molecule has 0 amide bonds. The molecule has 0 fully saturated rings. The van der Waals surface area contributed by atoms with Crippen molar-refractivity contribution in [1.82, 2.24) is 19.6 Å². The van der Waals surface area contributed by atoms with Crippen LogP contribution in [-0.2, 0) is 10.5 Å². The second kappa shape index (κ2) is 8.18. The van der Waals surface area contributed by atoms with Gasteiger partial charge in [0, 0.05) is 17.3 Å². The van der Waals surface area contributed by atoms with Gasteiger partial charge in [-0.15, -0.1) is 10.2 Å². The summed E-state index contributed by atoms with van der Waals surface area (Å²) in [5, 5.41) is 10.7. The molecule has 0 unspecified atom stereocenters. The molecule has 0 bridgehead atoms. The lowest BCUT2D eigenvalue weighted by atomic mass is 10.0. The van der Waals surface area contributed by atoms with Crippen LogP contribution in [0.25, 0.3) is 16.6 Å². The van der Waals surface area contributed by atoms with E-state index in [0.717, 1.165) is 16.5 Å². The number of carbonyl (C=O) groups is 1. The number of fused-ring (bicyclic) bond motifs is 2. The average Bonchev–Trinajstić information content (AvgIpc) is 3.09. The van der Waals surface area contributed by atoms with Gasteiger partial charge in [0.05, 0.1) is 33.4 Å². The number of benzene rings is 1. The number of rotatable bonds is 5. The molecule has 4 aromatic rings. The van der Waals surface area contributed by atoms with Crippen molar-refractivity contribution in [2.45, 2.75) is 24.8 Å². The van der Waals surface area contributed by atoms with E-state index in [-0.39, 0.29) is 5.97 Å². The van der Waals surface area contributed by atoms with Crippen molar-refractivity contribution in [2.75, 3.05) is 6.61 Å². The Bertz CT molecular complexity index is 1240. The topological polar surface area (TPSA) is 69.4 Å². The minimum absolute atomic E-state index is 0.295. The van der Waals surface area contributed by atoms with Crippen LogP contribution in [-0.4, -0.2) is 32.2 Å². The van der Waals surface area contributed by atoms with Gasteiger partial charge >= 0.3 is 5.97 Å². The van der Waals surface area contributed by atoms with E-state index in [9.17, 15) is 4.79 Å². The lowest BCUT2D eigenvalue weighted by molar-refractivity contribution is 0.0524. The maximum atomic E-state index is 12.7. The number of aryl methyl sites for hydroxylation is 1. The molecule has 0 N–H and O–H groups in total. The number of aromatic nitrogens is 4. The molecule has 1 aromatic carbocycles. The fourth-order valence-electron chi connectivity index (χ4n) is 3.15. The van der Waals surface area contributed by atoms with Crippen molar-refractivity contribution in [3.05, 3.63) is 63.4 Å². The maximum absolute atomic E-state index is 12.7. The van der Waals surface area contributed by atoms with Crippen molar-refractivity contribution in [1.29, 1.82) is 0 Å². The molecule has 0 aliphatic rings. The number of hydrogen-bond acceptors (Lipinski definition) is 6. The number of ether oxygens (including phenoxy) is 1. The van der Waals surface area contributed by atoms with Crippen LogP contribution in [0.4, 0.5) is 0 Å². The second-order valence-corrected chi connectivity index (χ2v) is 8.05. The van der Waals surface area contributed by atoms with Crippen LogP contribution in [0.5, 0.6) is 0 Å². The number of pyridine rings is 2. The highest BCUT2D eigenvalue weighted by atomic mass is 35.5. The van der Waals surface area contributed by atoms with Crippen LogP contribution in [0, 0.1) is 6.92 Å². The Kier molecular flexibility index (Phi) is 5.63. The van der Waals surface area contributed by atoms with Crippen molar-refractivity contribution in [3.63, 3.8) is 0 Å². The van der Waals surface area contributed by atoms with Gasteiger partial charge in [-0.2, -0.15) is 0 Å². The van der Waals surface area contributed by atoms with Crippen LogP contribution in [0.15, 0.2) is 41.7 Å². The molecule has 0 saturated carbocycles. The van der Waals surface area contributed by atoms with Crippen LogP contribution >= 0.6 is 35.0 Å². The Morgan fingerprint density at radius 3 is 2.83 bits per heavy atom. The van der Waals surface area contributed by atoms with Gasteiger partial charge < -0.3 is 4.74 Å². The molecule has 0 saturated heterocycles. The highest BCUT2D eigenvalue weighted by Gasteiger charge is 2.21. The fourth-order valence-corrected chi connectivity index (χ4v) is 4.51. The standard InChI is InChI=1S/C20H16Cl2N4O2S/c1-3-28-19(27)17-11(2)13-6-4-5-7-15(13)23-16(17)10-29-20-25-24-18-14(22)8-12(21)9-26(18)20/h4-9H,3,10H2,1-2H3. The second-order valence-electron chi connectivity index (χ2n) is 6.27. The zero-order chi connectivity index (χ0) is 20.5. The van der Waals surface area contributed by atoms with Crippen LogP contribution in [0.1, 0.15) is 28.5 Å². The summed E-state index contributed by atoms with van der Waals surface area (Å²) >= 11 is 13.7. The van der Waals surface area contributed by atoms with Crippen LogP contribution in [0.3, 0.4) is 0 Å². The highest BCUT2D eigenvalue weighted by molar-refractivity contribution is 7.98. The van der Waals surface area contributed by atoms with E-state index in [1.807, 2.05) is 31.2 Å². The molecule has 4 rings (SSSR count). The lowest BCUT2D eigenvalue weighted by Gasteiger charge is -2.13.